The van der Waals surface area contributed by atoms with Crippen LogP contribution in [0.5, 0.6) is 0 Å². The van der Waals surface area contributed by atoms with E-state index in [4.69, 9.17) is 18.6 Å². The first-order chi connectivity index (χ1) is 11.4. The van der Waals surface area contributed by atoms with Crippen LogP contribution in [0.25, 0.3) is 0 Å². The quantitative estimate of drug-likeness (QED) is 0.458. The Morgan fingerprint density at radius 3 is 2.25 bits per heavy atom. The van der Waals surface area contributed by atoms with Crippen LogP contribution in [0.3, 0.4) is 0 Å². The van der Waals surface area contributed by atoms with Crippen LogP contribution in [0, 0.1) is 0 Å². The van der Waals surface area contributed by atoms with Gasteiger partial charge in [-0.25, -0.2) is 0 Å². The van der Waals surface area contributed by atoms with Crippen LogP contribution in [-0.2, 0) is 18.6 Å². The summed E-state index contributed by atoms with van der Waals surface area (Å²) < 4.78 is 24.2. The third-order valence-corrected chi connectivity index (χ3v) is 11.9. The molecule has 0 aromatic rings. The van der Waals surface area contributed by atoms with Gasteiger partial charge >= 0.3 is 0 Å². The smallest absolute Gasteiger partial charge is 0.200 e. The van der Waals surface area contributed by atoms with E-state index in [1.807, 2.05) is 0 Å². The number of rotatable bonds is 8. The maximum Gasteiger partial charge on any atom is 0.200 e. The van der Waals surface area contributed by atoms with E-state index in [-0.39, 0.29) is 18.5 Å². The van der Waals surface area contributed by atoms with Crippen molar-refractivity contribution in [2.24, 2.45) is 0 Å². The lowest BCUT2D eigenvalue weighted by molar-refractivity contribution is -0.275. The predicted molar refractivity (Wildman–Crippen MR) is 99.8 cm³/mol. The van der Waals surface area contributed by atoms with E-state index in [0.29, 0.717) is 23.2 Å². The van der Waals surface area contributed by atoms with Crippen molar-refractivity contribution in [3.8, 4) is 0 Å². The highest BCUT2D eigenvalue weighted by Gasteiger charge is 2.44. The largest absolute Gasteiger partial charge is 0.416 e. The molecule has 5 heteroatoms. The van der Waals surface area contributed by atoms with Crippen molar-refractivity contribution in [1.29, 1.82) is 0 Å². The van der Waals surface area contributed by atoms with Crippen molar-refractivity contribution in [2.75, 3.05) is 19.8 Å². The van der Waals surface area contributed by atoms with Gasteiger partial charge in [0, 0.05) is 19.6 Å². The van der Waals surface area contributed by atoms with Gasteiger partial charge in [0.05, 0.1) is 12.7 Å². The Kier molecular flexibility index (Phi) is 7.75. The molecule has 0 aromatic carbocycles. The summed E-state index contributed by atoms with van der Waals surface area (Å²) in [6.07, 6.45) is 4.42. The highest BCUT2D eigenvalue weighted by Crippen LogP contribution is 2.42. The maximum absolute atomic E-state index is 6.61. The molecular formula is C19H38O4Si. The summed E-state index contributed by atoms with van der Waals surface area (Å²) in [5.74, 6) is 0. The molecule has 0 N–H and O–H groups in total. The zero-order chi connectivity index (χ0) is 17.7. The van der Waals surface area contributed by atoms with Gasteiger partial charge in [0.1, 0.15) is 6.10 Å². The zero-order valence-corrected chi connectivity index (χ0v) is 17.5. The molecule has 0 bridgehead atoms. The van der Waals surface area contributed by atoms with Crippen LogP contribution in [0.15, 0.2) is 0 Å². The fourth-order valence-corrected chi connectivity index (χ4v) is 10.2. The molecular weight excluding hydrogens is 320 g/mol. The minimum Gasteiger partial charge on any atom is -0.416 e. The van der Waals surface area contributed by atoms with Crippen LogP contribution in [0.1, 0.15) is 67.2 Å². The molecule has 0 aromatic heterocycles. The minimum absolute atomic E-state index is 0.0789. The summed E-state index contributed by atoms with van der Waals surface area (Å²) in [7, 11) is -1.74. The van der Waals surface area contributed by atoms with Crippen LogP contribution >= 0.6 is 0 Å². The Balaban J connectivity index is 1.77. The van der Waals surface area contributed by atoms with Gasteiger partial charge in [0.25, 0.3) is 0 Å². The molecule has 0 saturated carbocycles. The van der Waals surface area contributed by atoms with E-state index in [9.17, 15) is 0 Å². The lowest BCUT2D eigenvalue weighted by Gasteiger charge is -2.42. The van der Waals surface area contributed by atoms with Crippen LogP contribution < -0.4 is 0 Å². The van der Waals surface area contributed by atoms with E-state index in [1.165, 1.54) is 0 Å². The first kappa shape index (κ1) is 20.4. The lowest BCUT2D eigenvalue weighted by Crippen LogP contribution is -2.48. The fraction of sp³-hybridized carbons (Fsp3) is 1.00. The standard InChI is InChI=1S/C19H38O4Si/c1-14(2)24(15(3)4,16(5)6)22-12-8-10-19-21-13-18-17(23-19)9-7-11-20-18/h14-19H,7-13H2,1-6H3/t17-,18+,19+/m0/s1. The third-order valence-electron chi connectivity index (χ3n) is 5.80. The first-order valence-electron chi connectivity index (χ1n) is 9.90. The molecule has 0 spiro atoms. The molecule has 2 aliphatic rings. The topological polar surface area (TPSA) is 36.9 Å². The van der Waals surface area contributed by atoms with Crippen molar-refractivity contribution < 1.29 is 18.6 Å². The number of ether oxygens (including phenoxy) is 3. The summed E-state index contributed by atoms with van der Waals surface area (Å²) in [6.45, 7) is 16.4. The second kappa shape index (κ2) is 9.13. The highest BCUT2D eigenvalue weighted by atomic mass is 28.4. The fourth-order valence-electron chi connectivity index (χ4n) is 4.71. The SMILES string of the molecule is CC(C)[Si](OCCC[C@@H]1OC[C@H]2OCCC[C@@H]2O1)(C(C)C)C(C)C. The van der Waals surface area contributed by atoms with Gasteiger partial charge in [-0.15, -0.1) is 0 Å². The summed E-state index contributed by atoms with van der Waals surface area (Å²) in [5.41, 5.74) is 1.92. The molecule has 0 radical (unpaired) electrons. The monoisotopic (exact) mass is 358 g/mol. The average molecular weight is 359 g/mol. The molecule has 2 fully saturated rings. The van der Waals surface area contributed by atoms with Crippen molar-refractivity contribution in [1.82, 2.24) is 0 Å². The second-order valence-electron chi connectivity index (χ2n) is 8.30. The normalized spacial score (nSPS) is 28.6. The Hall–Kier alpha value is 0.0569. The number of fused-ring (bicyclic) bond motifs is 1. The van der Waals surface area contributed by atoms with Crippen molar-refractivity contribution in [3.63, 3.8) is 0 Å². The summed E-state index contributed by atoms with van der Waals surface area (Å²) in [6, 6.07) is 0. The van der Waals surface area contributed by atoms with Gasteiger partial charge in [0.2, 0.25) is 0 Å². The number of hydrogen-bond donors (Lipinski definition) is 0. The molecule has 2 aliphatic heterocycles. The predicted octanol–water partition coefficient (Wildman–Crippen LogP) is 4.88. The lowest BCUT2D eigenvalue weighted by atomic mass is 10.1. The maximum atomic E-state index is 6.61. The van der Waals surface area contributed by atoms with Crippen molar-refractivity contribution >= 4 is 8.32 Å². The number of hydrogen-bond acceptors (Lipinski definition) is 4. The van der Waals surface area contributed by atoms with E-state index >= 15 is 0 Å². The van der Waals surface area contributed by atoms with Gasteiger partial charge in [-0.3, -0.25) is 0 Å². The van der Waals surface area contributed by atoms with Gasteiger partial charge < -0.3 is 18.6 Å². The van der Waals surface area contributed by atoms with E-state index in [2.05, 4.69) is 41.5 Å². The summed E-state index contributed by atoms with van der Waals surface area (Å²) >= 11 is 0. The summed E-state index contributed by atoms with van der Waals surface area (Å²) in [5, 5.41) is 0. The van der Waals surface area contributed by atoms with Crippen LogP contribution in [-0.4, -0.2) is 46.6 Å². The van der Waals surface area contributed by atoms with Gasteiger partial charge in [-0.2, -0.15) is 0 Å². The van der Waals surface area contributed by atoms with Crippen molar-refractivity contribution in [3.05, 3.63) is 0 Å². The zero-order valence-electron chi connectivity index (χ0n) is 16.5. The van der Waals surface area contributed by atoms with E-state index in [1.54, 1.807) is 0 Å². The first-order valence-corrected chi connectivity index (χ1v) is 12.0. The highest BCUT2D eigenvalue weighted by molar-refractivity contribution is 6.77. The molecule has 0 unspecified atom stereocenters. The minimum atomic E-state index is -1.74. The summed E-state index contributed by atoms with van der Waals surface area (Å²) in [4.78, 5) is 0. The van der Waals surface area contributed by atoms with Gasteiger partial charge in [-0.05, 0) is 35.9 Å². The molecule has 24 heavy (non-hydrogen) atoms. The van der Waals surface area contributed by atoms with Crippen molar-refractivity contribution in [2.45, 2.75) is 102 Å². The Morgan fingerprint density at radius 2 is 1.62 bits per heavy atom. The molecule has 0 amide bonds. The average Bonchev–Trinajstić information content (AvgIpc) is 2.53. The molecule has 2 rings (SSSR count). The van der Waals surface area contributed by atoms with Gasteiger partial charge in [0.15, 0.2) is 14.6 Å². The Bertz CT molecular complexity index is 351. The third kappa shape index (κ3) is 4.61. The molecule has 2 heterocycles. The molecule has 142 valence electrons. The van der Waals surface area contributed by atoms with E-state index in [0.717, 1.165) is 38.9 Å². The molecule has 4 nitrogen and oxygen atoms in total. The van der Waals surface area contributed by atoms with Gasteiger partial charge in [-0.1, -0.05) is 41.5 Å². The Morgan fingerprint density at radius 1 is 0.958 bits per heavy atom. The second-order valence-corrected chi connectivity index (χ2v) is 13.8. The van der Waals surface area contributed by atoms with Crippen LogP contribution in [0.4, 0.5) is 0 Å². The molecule has 3 atom stereocenters. The Labute approximate surface area is 149 Å². The van der Waals surface area contributed by atoms with E-state index < -0.39 is 8.32 Å². The van der Waals surface area contributed by atoms with Crippen LogP contribution in [0.2, 0.25) is 16.6 Å². The molecule has 2 saturated heterocycles. The molecule has 0 aliphatic carbocycles.